The molecule has 110 valence electrons. The number of amides is 1. The first-order valence-electron chi connectivity index (χ1n) is 6.50. The lowest BCUT2D eigenvalue weighted by atomic mass is 10.0. The zero-order valence-electron chi connectivity index (χ0n) is 12.6. The van der Waals surface area contributed by atoms with Gasteiger partial charge in [0.2, 0.25) is 0 Å². The molecule has 1 amide bonds. The van der Waals surface area contributed by atoms with Crippen LogP contribution in [0.15, 0.2) is 12.2 Å². The predicted molar refractivity (Wildman–Crippen MR) is 73.8 cm³/mol. The molecule has 5 heteroatoms. The number of carbonyl (C=O) groups is 2. The number of rotatable bonds is 5. The van der Waals surface area contributed by atoms with Gasteiger partial charge in [0.1, 0.15) is 5.60 Å². The minimum Gasteiger partial charge on any atom is -0.463 e. The summed E-state index contributed by atoms with van der Waals surface area (Å²) in [5, 5.41) is 2.71. The molecule has 1 N–H and O–H groups in total. The number of nitrogens with one attached hydrogen (secondary N) is 1. The molecule has 0 aliphatic rings. The maximum Gasteiger partial charge on any atom is 0.408 e. The summed E-state index contributed by atoms with van der Waals surface area (Å²) in [5.41, 5.74) is -0.545. The SMILES string of the molecule is CCOC(=O)/C=C/[C@@H](NC(=O)OC(C)(C)C)C(C)C. The third-order valence-corrected chi connectivity index (χ3v) is 2.13. The molecule has 0 aromatic heterocycles. The second-order valence-corrected chi connectivity index (χ2v) is 5.53. The highest BCUT2D eigenvalue weighted by Crippen LogP contribution is 2.09. The minimum absolute atomic E-state index is 0.137. The van der Waals surface area contributed by atoms with E-state index in [4.69, 9.17) is 9.47 Å². The minimum atomic E-state index is -0.545. The Balaban J connectivity index is 4.50. The zero-order valence-corrected chi connectivity index (χ0v) is 12.6. The van der Waals surface area contributed by atoms with E-state index < -0.39 is 17.7 Å². The van der Waals surface area contributed by atoms with Gasteiger partial charge in [0, 0.05) is 6.08 Å². The van der Waals surface area contributed by atoms with E-state index in [2.05, 4.69) is 5.32 Å². The lowest BCUT2D eigenvalue weighted by molar-refractivity contribution is -0.137. The topological polar surface area (TPSA) is 64.6 Å². The summed E-state index contributed by atoms with van der Waals surface area (Å²) in [6, 6.07) is -0.278. The van der Waals surface area contributed by atoms with E-state index in [1.807, 2.05) is 13.8 Å². The summed E-state index contributed by atoms with van der Waals surface area (Å²) >= 11 is 0. The van der Waals surface area contributed by atoms with Crippen LogP contribution in [0.2, 0.25) is 0 Å². The summed E-state index contributed by atoms with van der Waals surface area (Å²) in [4.78, 5) is 22.9. The Kier molecular flexibility index (Phi) is 7.19. The van der Waals surface area contributed by atoms with Crippen molar-refractivity contribution in [3.8, 4) is 0 Å². The Labute approximate surface area is 115 Å². The van der Waals surface area contributed by atoms with E-state index in [1.54, 1.807) is 33.8 Å². The summed E-state index contributed by atoms with van der Waals surface area (Å²) in [6.45, 7) is 11.3. The van der Waals surface area contributed by atoms with Crippen LogP contribution < -0.4 is 5.32 Å². The van der Waals surface area contributed by atoms with E-state index in [0.717, 1.165) is 0 Å². The van der Waals surface area contributed by atoms with Crippen LogP contribution >= 0.6 is 0 Å². The molecular weight excluding hydrogens is 246 g/mol. The molecule has 0 spiro atoms. The van der Waals surface area contributed by atoms with Crippen molar-refractivity contribution in [1.29, 1.82) is 0 Å². The second kappa shape index (κ2) is 7.81. The average molecular weight is 271 g/mol. The van der Waals surface area contributed by atoms with Gasteiger partial charge in [-0.3, -0.25) is 0 Å². The van der Waals surface area contributed by atoms with Gasteiger partial charge in [-0.15, -0.1) is 0 Å². The molecule has 0 aliphatic carbocycles. The van der Waals surface area contributed by atoms with Crippen LogP contribution in [0.3, 0.4) is 0 Å². The Hall–Kier alpha value is -1.52. The van der Waals surface area contributed by atoms with Crippen molar-refractivity contribution in [1.82, 2.24) is 5.32 Å². The third kappa shape index (κ3) is 9.11. The number of ether oxygens (including phenoxy) is 2. The Morgan fingerprint density at radius 2 is 1.84 bits per heavy atom. The number of esters is 1. The van der Waals surface area contributed by atoms with Crippen molar-refractivity contribution in [3.63, 3.8) is 0 Å². The molecule has 1 atom stereocenters. The molecule has 19 heavy (non-hydrogen) atoms. The molecule has 0 radical (unpaired) electrons. The van der Waals surface area contributed by atoms with Gasteiger partial charge in [-0.25, -0.2) is 9.59 Å². The van der Waals surface area contributed by atoms with Crippen LogP contribution in [0.4, 0.5) is 4.79 Å². The fourth-order valence-corrected chi connectivity index (χ4v) is 1.25. The average Bonchev–Trinajstić information content (AvgIpc) is 2.21. The van der Waals surface area contributed by atoms with Gasteiger partial charge in [-0.1, -0.05) is 19.9 Å². The molecule has 0 heterocycles. The summed E-state index contributed by atoms with van der Waals surface area (Å²) in [6.07, 6.45) is 2.44. The highest BCUT2D eigenvalue weighted by Gasteiger charge is 2.20. The van der Waals surface area contributed by atoms with E-state index in [1.165, 1.54) is 6.08 Å². The molecule has 0 saturated heterocycles. The van der Waals surface area contributed by atoms with Crippen molar-refractivity contribution >= 4 is 12.1 Å². The lowest BCUT2D eigenvalue weighted by Gasteiger charge is -2.23. The summed E-state index contributed by atoms with van der Waals surface area (Å²) in [7, 11) is 0. The van der Waals surface area contributed by atoms with Crippen molar-refractivity contribution in [2.24, 2.45) is 5.92 Å². The fourth-order valence-electron chi connectivity index (χ4n) is 1.25. The normalized spacial score (nSPS) is 13.4. The van der Waals surface area contributed by atoms with Gasteiger partial charge in [0.25, 0.3) is 0 Å². The van der Waals surface area contributed by atoms with Crippen LogP contribution in [0.5, 0.6) is 0 Å². The smallest absolute Gasteiger partial charge is 0.408 e. The van der Waals surface area contributed by atoms with Crippen LogP contribution in [-0.4, -0.2) is 30.3 Å². The van der Waals surface area contributed by atoms with Gasteiger partial charge in [0.15, 0.2) is 0 Å². The molecule has 0 bridgehead atoms. The van der Waals surface area contributed by atoms with Crippen molar-refractivity contribution in [2.45, 2.75) is 53.2 Å². The molecule has 0 saturated carbocycles. The monoisotopic (exact) mass is 271 g/mol. The van der Waals surface area contributed by atoms with Crippen LogP contribution in [0.25, 0.3) is 0 Å². The molecule has 0 rings (SSSR count). The number of alkyl carbamates (subject to hydrolysis) is 1. The molecule has 0 aliphatic heterocycles. The molecule has 5 nitrogen and oxygen atoms in total. The van der Waals surface area contributed by atoms with Gasteiger partial charge in [-0.2, -0.15) is 0 Å². The molecule has 0 unspecified atom stereocenters. The molecular formula is C14H25NO4. The van der Waals surface area contributed by atoms with Crippen molar-refractivity contribution < 1.29 is 19.1 Å². The van der Waals surface area contributed by atoms with E-state index in [0.29, 0.717) is 6.61 Å². The van der Waals surface area contributed by atoms with E-state index in [-0.39, 0.29) is 12.0 Å². The quantitative estimate of drug-likeness (QED) is 0.616. The van der Waals surface area contributed by atoms with Crippen molar-refractivity contribution in [3.05, 3.63) is 12.2 Å². The number of hydrogen-bond acceptors (Lipinski definition) is 4. The Morgan fingerprint density at radius 3 is 2.26 bits per heavy atom. The lowest BCUT2D eigenvalue weighted by Crippen LogP contribution is -2.40. The van der Waals surface area contributed by atoms with Gasteiger partial charge >= 0.3 is 12.1 Å². The van der Waals surface area contributed by atoms with Crippen LogP contribution in [-0.2, 0) is 14.3 Å². The molecule has 0 aromatic rings. The first-order chi connectivity index (χ1) is 8.65. The molecule has 0 fully saturated rings. The maximum atomic E-state index is 11.7. The zero-order chi connectivity index (χ0) is 15.1. The summed E-state index contributed by atoms with van der Waals surface area (Å²) in [5.74, 6) is -0.280. The second-order valence-electron chi connectivity index (χ2n) is 5.53. The van der Waals surface area contributed by atoms with Crippen molar-refractivity contribution in [2.75, 3.05) is 6.61 Å². The predicted octanol–water partition coefficient (Wildman–Crippen LogP) is 2.66. The van der Waals surface area contributed by atoms with Gasteiger partial charge in [0.05, 0.1) is 12.6 Å². The standard InChI is InChI=1S/C14H25NO4/c1-7-18-12(16)9-8-11(10(2)3)15-13(17)19-14(4,5)6/h8-11H,7H2,1-6H3,(H,15,17)/b9-8+/t11-/m1/s1. The largest absolute Gasteiger partial charge is 0.463 e. The Bertz CT molecular complexity index is 329. The first-order valence-corrected chi connectivity index (χ1v) is 6.50. The van der Waals surface area contributed by atoms with E-state index in [9.17, 15) is 9.59 Å². The fraction of sp³-hybridized carbons (Fsp3) is 0.714. The Morgan fingerprint density at radius 1 is 1.26 bits per heavy atom. The number of carbonyl (C=O) groups excluding carboxylic acids is 2. The maximum absolute atomic E-state index is 11.7. The number of hydrogen-bond donors (Lipinski definition) is 1. The third-order valence-electron chi connectivity index (χ3n) is 2.13. The first kappa shape index (κ1) is 17.5. The highest BCUT2D eigenvalue weighted by molar-refractivity contribution is 5.82. The van der Waals surface area contributed by atoms with Crippen LogP contribution in [0, 0.1) is 5.92 Å². The highest BCUT2D eigenvalue weighted by atomic mass is 16.6. The van der Waals surface area contributed by atoms with Gasteiger partial charge < -0.3 is 14.8 Å². The van der Waals surface area contributed by atoms with E-state index >= 15 is 0 Å². The van der Waals surface area contributed by atoms with Crippen LogP contribution in [0.1, 0.15) is 41.5 Å². The summed E-state index contributed by atoms with van der Waals surface area (Å²) < 4.78 is 9.96. The molecule has 0 aromatic carbocycles. The van der Waals surface area contributed by atoms with Gasteiger partial charge in [-0.05, 0) is 33.6 Å².